The summed E-state index contributed by atoms with van der Waals surface area (Å²) in [6.07, 6.45) is 12.4. The van der Waals surface area contributed by atoms with Gasteiger partial charge in [-0.1, -0.05) is 24.6 Å². The second-order valence-corrected chi connectivity index (χ2v) is 9.30. The molecule has 6 heteroatoms. The summed E-state index contributed by atoms with van der Waals surface area (Å²) in [5.74, 6) is 0.805. The number of rotatable bonds is 4. The van der Waals surface area contributed by atoms with E-state index in [9.17, 15) is 9.59 Å². The fourth-order valence-corrected chi connectivity index (χ4v) is 5.72. The Balaban J connectivity index is 1.18. The number of hydrogen-bond donors (Lipinski definition) is 0. The molecule has 0 bridgehead atoms. The lowest BCUT2D eigenvalue weighted by molar-refractivity contribution is -0.128. The zero-order chi connectivity index (χ0) is 19.3. The van der Waals surface area contributed by atoms with Gasteiger partial charge in [-0.2, -0.15) is 0 Å². The predicted octanol–water partition coefficient (Wildman–Crippen LogP) is 2.42. The third-order valence-electron chi connectivity index (χ3n) is 7.46. The maximum absolute atomic E-state index is 12.4. The van der Waals surface area contributed by atoms with Gasteiger partial charge in [-0.3, -0.25) is 14.6 Å². The Labute approximate surface area is 167 Å². The molecule has 5 rings (SSSR count). The normalized spacial score (nSPS) is 37.7. The monoisotopic (exact) mass is 385 g/mol. The minimum Gasteiger partial charge on any atom is -0.443 e. The Morgan fingerprint density at radius 3 is 2.75 bits per heavy atom. The van der Waals surface area contributed by atoms with Crippen molar-refractivity contribution in [3.8, 4) is 0 Å². The number of carbonyl (C=O) groups excluding carboxylic acids is 2. The lowest BCUT2D eigenvalue weighted by atomic mass is 9.88. The van der Waals surface area contributed by atoms with Crippen LogP contribution in [-0.4, -0.2) is 78.1 Å². The van der Waals surface area contributed by atoms with E-state index in [0.29, 0.717) is 12.5 Å². The van der Waals surface area contributed by atoms with E-state index in [-0.39, 0.29) is 29.6 Å². The van der Waals surface area contributed by atoms with E-state index in [2.05, 4.69) is 23.1 Å². The molecule has 28 heavy (non-hydrogen) atoms. The number of cyclic esters (lactones) is 1. The molecule has 4 atom stereocenters. The van der Waals surface area contributed by atoms with Gasteiger partial charge in [0.25, 0.3) is 0 Å². The lowest BCUT2D eigenvalue weighted by Gasteiger charge is -2.29. The Kier molecular flexibility index (Phi) is 4.49. The summed E-state index contributed by atoms with van der Waals surface area (Å²) in [5, 5.41) is 0. The largest absolute Gasteiger partial charge is 0.443 e. The number of likely N-dealkylation sites (tertiary alicyclic amines) is 2. The fraction of sp³-hybridized carbons (Fsp3) is 0.727. The summed E-state index contributed by atoms with van der Waals surface area (Å²) >= 11 is 0. The third-order valence-corrected chi connectivity index (χ3v) is 7.46. The number of amides is 2. The zero-order valence-electron chi connectivity index (χ0n) is 16.8. The zero-order valence-corrected chi connectivity index (χ0v) is 16.8. The van der Waals surface area contributed by atoms with Crippen molar-refractivity contribution in [1.29, 1.82) is 0 Å². The number of carbonyl (C=O) groups is 2. The first-order valence-electron chi connectivity index (χ1n) is 10.9. The molecular weight excluding hydrogens is 354 g/mol. The first-order valence-corrected chi connectivity index (χ1v) is 10.9. The minimum absolute atomic E-state index is 0.00487. The summed E-state index contributed by atoms with van der Waals surface area (Å²) in [6, 6.07) is 0.0986. The SMILES string of the molecule is CC(=O)N1CC2CC2(C2=CCC(N3C[C@H](CN4CCCCC4)OC3=O)C=C2)C1. The van der Waals surface area contributed by atoms with Crippen LogP contribution >= 0.6 is 0 Å². The van der Waals surface area contributed by atoms with Crippen molar-refractivity contribution in [1.82, 2.24) is 14.7 Å². The molecule has 6 nitrogen and oxygen atoms in total. The van der Waals surface area contributed by atoms with Crippen LogP contribution in [-0.2, 0) is 9.53 Å². The van der Waals surface area contributed by atoms with E-state index in [1.165, 1.54) is 31.3 Å². The van der Waals surface area contributed by atoms with Gasteiger partial charge in [-0.25, -0.2) is 4.79 Å². The molecule has 0 aromatic heterocycles. The number of allylic oxidation sites excluding steroid dienone is 1. The van der Waals surface area contributed by atoms with Gasteiger partial charge in [0, 0.05) is 32.0 Å². The highest BCUT2D eigenvalue weighted by molar-refractivity contribution is 5.74. The van der Waals surface area contributed by atoms with E-state index < -0.39 is 0 Å². The summed E-state index contributed by atoms with van der Waals surface area (Å²) in [5.41, 5.74) is 1.56. The number of piperidine rings is 2. The highest BCUT2D eigenvalue weighted by Crippen LogP contribution is 2.63. The molecule has 0 radical (unpaired) electrons. The quantitative estimate of drug-likeness (QED) is 0.746. The molecule has 4 fully saturated rings. The minimum atomic E-state index is -0.167. The summed E-state index contributed by atoms with van der Waals surface area (Å²) in [4.78, 5) is 30.5. The molecule has 3 unspecified atom stereocenters. The maximum atomic E-state index is 12.4. The van der Waals surface area contributed by atoms with Gasteiger partial charge < -0.3 is 9.64 Å². The first kappa shape index (κ1) is 18.2. The van der Waals surface area contributed by atoms with E-state index >= 15 is 0 Å². The summed E-state index contributed by atoms with van der Waals surface area (Å²) in [6.45, 7) is 7.25. The van der Waals surface area contributed by atoms with E-state index in [0.717, 1.165) is 39.1 Å². The van der Waals surface area contributed by atoms with Gasteiger partial charge in [0.1, 0.15) is 6.10 Å². The topological polar surface area (TPSA) is 53.1 Å². The van der Waals surface area contributed by atoms with Crippen molar-refractivity contribution in [2.75, 3.05) is 39.3 Å². The number of ether oxygens (including phenoxy) is 1. The molecule has 152 valence electrons. The molecule has 2 amide bonds. The molecule has 0 aromatic carbocycles. The Morgan fingerprint density at radius 2 is 2.07 bits per heavy atom. The van der Waals surface area contributed by atoms with Crippen LogP contribution in [0.4, 0.5) is 4.79 Å². The number of hydrogen-bond acceptors (Lipinski definition) is 4. The fourth-order valence-electron chi connectivity index (χ4n) is 5.72. The smallest absolute Gasteiger partial charge is 0.410 e. The average molecular weight is 386 g/mol. The Morgan fingerprint density at radius 1 is 1.25 bits per heavy atom. The van der Waals surface area contributed by atoms with Crippen LogP contribution in [0.25, 0.3) is 0 Å². The van der Waals surface area contributed by atoms with Crippen LogP contribution in [0.5, 0.6) is 0 Å². The molecule has 0 aromatic rings. The Bertz CT molecular complexity index is 727. The van der Waals surface area contributed by atoms with Crippen molar-refractivity contribution in [2.24, 2.45) is 11.3 Å². The highest BCUT2D eigenvalue weighted by atomic mass is 16.6. The van der Waals surface area contributed by atoms with Crippen molar-refractivity contribution in [3.05, 3.63) is 23.8 Å². The molecule has 0 N–H and O–H groups in total. The van der Waals surface area contributed by atoms with Crippen molar-refractivity contribution < 1.29 is 14.3 Å². The second kappa shape index (κ2) is 6.90. The van der Waals surface area contributed by atoms with Gasteiger partial charge in [-0.15, -0.1) is 0 Å². The van der Waals surface area contributed by atoms with Gasteiger partial charge >= 0.3 is 6.09 Å². The standard InChI is InChI=1S/C22H31N3O3/c1-16(26)24-12-18-11-22(18,15-24)17-5-7-19(8-6-17)25-14-20(28-21(25)27)13-23-9-3-2-4-10-23/h5-7,18-20H,2-4,8-15H2,1H3/t18?,19?,20-,22?/m0/s1. The molecule has 3 aliphatic heterocycles. The van der Waals surface area contributed by atoms with Gasteiger partial charge in [0.15, 0.2) is 0 Å². The van der Waals surface area contributed by atoms with E-state index in [1.807, 2.05) is 9.80 Å². The summed E-state index contributed by atoms with van der Waals surface area (Å²) < 4.78 is 5.67. The summed E-state index contributed by atoms with van der Waals surface area (Å²) in [7, 11) is 0. The molecule has 3 heterocycles. The predicted molar refractivity (Wildman–Crippen MR) is 106 cm³/mol. The van der Waals surface area contributed by atoms with E-state index in [1.54, 1.807) is 6.92 Å². The van der Waals surface area contributed by atoms with Crippen molar-refractivity contribution in [3.63, 3.8) is 0 Å². The van der Waals surface area contributed by atoms with Crippen LogP contribution < -0.4 is 0 Å². The average Bonchev–Trinajstić information content (AvgIpc) is 3.07. The van der Waals surface area contributed by atoms with Crippen LogP contribution in [0.2, 0.25) is 0 Å². The van der Waals surface area contributed by atoms with Gasteiger partial charge in [-0.05, 0) is 50.3 Å². The third kappa shape index (κ3) is 3.15. The molecule has 2 aliphatic carbocycles. The van der Waals surface area contributed by atoms with Gasteiger partial charge in [0.05, 0.1) is 12.6 Å². The second-order valence-electron chi connectivity index (χ2n) is 9.30. The lowest BCUT2D eigenvalue weighted by Crippen LogP contribution is -2.40. The van der Waals surface area contributed by atoms with Gasteiger partial charge in [0.2, 0.25) is 5.91 Å². The Hall–Kier alpha value is -1.82. The molecule has 0 spiro atoms. The highest BCUT2D eigenvalue weighted by Gasteiger charge is 2.61. The van der Waals surface area contributed by atoms with Crippen LogP contribution in [0, 0.1) is 11.3 Å². The molecule has 1 saturated carbocycles. The van der Waals surface area contributed by atoms with E-state index in [4.69, 9.17) is 4.74 Å². The van der Waals surface area contributed by atoms with Crippen molar-refractivity contribution >= 4 is 12.0 Å². The van der Waals surface area contributed by atoms with Crippen molar-refractivity contribution in [2.45, 2.75) is 51.2 Å². The van der Waals surface area contributed by atoms with Crippen LogP contribution in [0.1, 0.15) is 39.0 Å². The molecular formula is C22H31N3O3. The van der Waals surface area contributed by atoms with Crippen LogP contribution in [0.3, 0.4) is 0 Å². The molecule has 5 aliphatic rings. The maximum Gasteiger partial charge on any atom is 0.410 e. The molecule has 3 saturated heterocycles. The number of fused-ring (bicyclic) bond motifs is 1. The number of nitrogens with zero attached hydrogens (tertiary/aromatic N) is 3. The first-order chi connectivity index (χ1) is 13.5. The van der Waals surface area contributed by atoms with Crippen LogP contribution in [0.15, 0.2) is 23.8 Å².